The molecule has 2 N–H and O–H groups in total. The predicted molar refractivity (Wildman–Crippen MR) is 81.8 cm³/mol. The van der Waals surface area contributed by atoms with E-state index in [-0.39, 0.29) is 0 Å². The second kappa shape index (κ2) is 6.04. The highest BCUT2D eigenvalue weighted by Crippen LogP contribution is 2.17. The van der Waals surface area contributed by atoms with Gasteiger partial charge < -0.3 is 10.3 Å². The van der Waals surface area contributed by atoms with Crippen LogP contribution in [0.5, 0.6) is 0 Å². The molecule has 0 aliphatic rings. The number of nitrogen functional groups attached to an aromatic ring is 1. The molecular weight excluding hydrogens is 286 g/mol. The molecule has 8 heteroatoms. The van der Waals surface area contributed by atoms with E-state index in [4.69, 9.17) is 5.73 Å². The Balaban J connectivity index is 1.59. The molecule has 0 amide bonds. The van der Waals surface area contributed by atoms with E-state index in [0.29, 0.717) is 11.3 Å². The molecule has 21 heavy (non-hydrogen) atoms. The summed E-state index contributed by atoms with van der Waals surface area (Å²) < 4.78 is 1.99. The van der Waals surface area contributed by atoms with Crippen molar-refractivity contribution >= 4 is 28.7 Å². The number of fused-ring (bicyclic) bond motifs is 1. The van der Waals surface area contributed by atoms with Crippen molar-refractivity contribution in [3.05, 3.63) is 30.6 Å². The largest absolute Gasteiger partial charge is 0.382 e. The van der Waals surface area contributed by atoms with E-state index < -0.39 is 0 Å². The summed E-state index contributed by atoms with van der Waals surface area (Å²) in [6.45, 7) is 2.79. The van der Waals surface area contributed by atoms with Gasteiger partial charge in [-0.2, -0.15) is 0 Å². The summed E-state index contributed by atoms with van der Waals surface area (Å²) in [4.78, 5) is 21.0. The molecule has 0 fully saturated rings. The molecule has 3 aromatic rings. The fraction of sp³-hybridized carbons (Fsp3) is 0.308. The zero-order valence-corrected chi connectivity index (χ0v) is 12.4. The predicted octanol–water partition coefficient (Wildman–Crippen LogP) is 1.69. The molecule has 3 aromatic heterocycles. The summed E-state index contributed by atoms with van der Waals surface area (Å²) in [6, 6.07) is 1.89. The molecule has 0 aliphatic carbocycles. The molecule has 0 atom stereocenters. The van der Waals surface area contributed by atoms with Crippen molar-refractivity contribution < 1.29 is 0 Å². The van der Waals surface area contributed by atoms with E-state index in [1.807, 2.05) is 17.6 Å². The van der Waals surface area contributed by atoms with E-state index in [1.165, 1.54) is 6.33 Å². The molecule has 0 radical (unpaired) electrons. The van der Waals surface area contributed by atoms with Gasteiger partial charge in [0.1, 0.15) is 11.8 Å². The molecule has 0 unspecified atom stereocenters. The third-order valence-electron chi connectivity index (χ3n) is 2.98. The summed E-state index contributed by atoms with van der Waals surface area (Å²) in [7, 11) is 0. The van der Waals surface area contributed by atoms with Gasteiger partial charge in [-0.3, -0.25) is 0 Å². The zero-order chi connectivity index (χ0) is 14.7. The highest BCUT2D eigenvalue weighted by atomic mass is 32.2. The Labute approximate surface area is 126 Å². The van der Waals surface area contributed by atoms with E-state index in [1.54, 1.807) is 24.3 Å². The number of hydrogen-bond donors (Lipinski definition) is 1. The molecule has 7 nitrogen and oxygen atoms in total. The average molecular weight is 301 g/mol. The molecule has 0 spiro atoms. The minimum Gasteiger partial charge on any atom is -0.382 e. The van der Waals surface area contributed by atoms with Crippen molar-refractivity contribution in [2.45, 2.75) is 25.0 Å². The molecule has 108 valence electrons. The van der Waals surface area contributed by atoms with Gasteiger partial charge in [-0.1, -0.05) is 11.8 Å². The summed E-state index contributed by atoms with van der Waals surface area (Å²) in [6.07, 6.45) is 5.97. The van der Waals surface area contributed by atoms with Crippen LogP contribution in [0.4, 0.5) is 5.82 Å². The fourth-order valence-electron chi connectivity index (χ4n) is 1.96. The number of imidazole rings is 1. The van der Waals surface area contributed by atoms with E-state index >= 15 is 0 Å². The van der Waals surface area contributed by atoms with Crippen LogP contribution in [0.3, 0.4) is 0 Å². The first kappa shape index (κ1) is 13.7. The topological polar surface area (TPSA) is 95.4 Å². The summed E-state index contributed by atoms with van der Waals surface area (Å²) in [5.41, 5.74) is 8.19. The maximum atomic E-state index is 5.77. The van der Waals surface area contributed by atoms with Crippen LogP contribution in [0.2, 0.25) is 0 Å². The van der Waals surface area contributed by atoms with Gasteiger partial charge in [-0.05, 0) is 19.4 Å². The molecule has 0 saturated carbocycles. The molecular formula is C13H15N7S. The number of aromatic nitrogens is 6. The molecule has 0 saturated heterocycles. The van der Waals surface area contributed by atoms with Gasteiger partial charge in [0.05, 0.1) is 6.33 Å². The first-order valence-corrected chi connectivity index (χ1v) is 7.56. The van der Waals surface area contributed by atoms with Gasteiger partial charge in [0.25, 0.3) is 0 Å². The first-order chi connectivity index (χ1) is 10.2. The lowest BCUT2D eigenvalue weighted by Crippen LogP contribution is -2.00. The van der Waals surface area contributed by atoms with E-state index in [2.05, 4.69) is 24.9 Å². The van der Waals surface area contributed by atoms with Gasteiger partial charge in [0.2, 0.25) is 0 Å². The lowest BCUT2D eigenvalue weighted by molar-refractivity contribution is 0.695. The molecule has 0 bridgehead atoms. The highest BCUT2D eigenvalue weighted by Gasteiger charge is 2.07. The minimum absolute atomic E-state index is 0.418. The van der Waals surface area contributed by atoms with Crippen molar-refractivity contribution in [1.29, 1.82) is 0 Å². The van der Waals surface area contributed by atoms with Crippen molar-refractivity contribution in [3.8, 4) is 0 Å². The van der Waals surface area contributed by atoms with Crippen molar-refractivity contribution in [1.82, 2.24) is 29.5 Å². The maximum absolute atomic E-state index is 5.77. The Morgan fingerprint density at radius 3 is 3.00 bits per heavy atom. The summed E-state index contributed by atoms with van der Waals surface area (Å²) in [5.74, 6) is 1.35. The minimum atomic E-state index is 0.418. The lowest BCUT2D eigenvalue weighted by atomic mass is 10.4. The smallest absolute Gasteiger partial charge is 0.187 e. The van der Waals surface area contributed by atoms with Crippen LogP contribution < -0.4 is 5.73 Å². The van der Waals surface area contributed by atoms with Gasteiger partial charge in [0.15, 0.2) is 16.6 Å². The Morgan fingerprint density at radius 1 is 1.24 bits per heavy atom. The summed E-state index contributed by atoms with van der Waals surface area (Å²) >= 11 is 1.65. The SMILES string of the molecule is Cc1ccnc(SCCCn2cnc3c(N)ncnc32)n1. The number of hydrogen-bond acceptors (Lipinski definition) is 7. The zero-order valence-electron chi connectivity index (χ0n) is 11.6. The van der Waals surface area contributed by atoms with Crippen LogP contribution in [0, 0.1) is 6.92 Å². The second-order valence-corrected chi connectivity index (χ2v) is 5.61. The Kier molecular flexibility index (Phi) is 3.96. The number of aryl methyl sites for hydroxylation is 2. The first-order valence-electron chi connectivity index (χ1n) is 6.58. The monoisotopic (exact) mass is 301 g/mol. The Hall–Kier alpha value is -2.22. The Bertz CT molecular complexity index is 755. The number of nitrogens with zero attached hydrogens (tertiary/aromatic N) is 6. The van der Waals surface area contributed by atoms with Gasteiger partial charge >= 0.3 is 0 Å². The molecule has 0 aliphatic heterocycles. The molecule has 3 rings (SSSR count). The van der Waals surface area contributed by atoms with Crippen LogP contribution in [-0.2, 0) is 6.54 Å². The van der Waals surface area contributed by atoms with E-state index in [0.717, 1.165) is 35.2 Å². The van der Waals surface area contributed by atoms with E-state index in [9.17, 15) is 0 Å². The van der Waals surface area contributed by atoms with Crippen LogP contribution in [0.15, 0.2) is 30.1 Å². The van der Waals surface area contributed by atoms with Crippen LogP contribution >= 0.6 is 11.8 Å². The summed E-state index contributed by atoms with van der Waals surface area (Å²) in [5, 5.41) is 0.817. The normalized spacial score (nSPS) is 11.1. The van der Waals surface area contributed by atoms with Gasteiger partial charge in [-0.15, -0.1) is 0 Å². The third kappa shape index (κ3) is 3.10. The number of nitrogens with two attached hydrogens (primary N) is 1. The van der Waals surface area contributed by atoms with Crippen LogP contribution in [0.25, 0.3) is 11.2 Å². The second-order valence-electron chi connectivity index (χ2n) is 4.55. The third-order valence-corrected chi connectivity index (χ3v) is 3.92. The standard InChI is InChI=1S/C13H15N7S/c1-9-3-4-15-13(19-9)21-6-2-5-20-8-18-10-11(14)16-7-17-12(10)20/h3-4,7-8H,2,5-6H2,1H3,(H2,14,16,17). The average Bonchev–Trinajstić information content (AvgIpc) is 2.88. The molecule has 3 heterocycles. The lowest BCUT2D eigenvalue weighted by Gasteiger charge is -2.03. The number of rotatable bonds is 5. The molecule has 0 aromatic carbocycles. The van der Waals surface area contributed by atoms with Crippen molar-refractivity contribution in [2.24, 2.45) is 0 Å². The number of anilines is 1. The van der Waals surface area contributed by atoms with Crippen molar-refractivity contribution in [2.75, 3.05) is 11.5 Å². The maximum Gasteiger partial charge on any atom is 0.187 e. The van der Waals surface area contributed by atoms with Gasteiger partial charge in [-0.25, -0.2) is 24.9 Å². The number of thioether (sulfide) groups is 1. The highest BCUT2D eigenvalue weighted by molar-refractivity contribution is 7.99. The van der Waals surface area contributed by atoms with Crippen molar-refractivity contribution in [3.63, 3.8) is 0 Å². The quantitative estimate of drug-likeness (QED) is 0.435. The fourth-order valence-corrected chi connectivity index (χ4v) is 2.76. The van der Waals surface area contributed by atoms with Crippen LogP contribution in [0.1, 0.15) is 12.1 Å². The Morgan fingerprint density at radius 2 is 2.14 bits per heavy atom. The van der Waals surface area contributed by atoms with Crippen LogP contribution in [-0.4, -0.2) is 35.2 Å². The van der Waals surface area contributed by atoms with Gasteiger partial charge in [0, 0.05) is 24.2 Å².